The Bertz CT molecular complexity index is 885. The van der Waals surface area contributed by atoms with Gasteiger partial charge in [0.15, 0.2) is 0 Å². The topological polar surface area (TPSA) is 29.5 Å². The van der Waals surface area contributed by atoms with Crippen LogP contribution in [0, 0.1) is 0 Å². The molecular formula is C20H13F3O2. The molecule has 3 aromatic rings. The van der Waals surface area contributed by atoms with E-state index in [1.54, 1.807) is 48.5 Å². The number of hydrogen-bond donors (Lipinski definition) is 1. The lowest BCUT2D eigenvalue weighted by Crippen LogP contribution is -2.32. The van der Waals surface area contributed by atoms with Gasteiger partial charge < -0.3 is 9.84 Å². The molecular weight excluding hydrogens is 329 g/mol. The highest BCUT2D eigenvalue weighted by Gasteiger charge is 2.42. The Morgan fingerprint density at radius 3 is 1.68 bits per heavy atom. The molecule has 0 aromatic heterocycles. The second kappa shape index (κ2) is 5.36. The summed E-state index contributed by atoms with van der Waals surface area (Å²) in [7, 11) is 0. The van der Waals surface area contributed by atoms with Crippen molar-refractivity contribution < 1.29 is 23.0 Å². The van der Waals surface area contributed by atoms with Gasteiger partial charge in [0.1, 0.15) is 17.1 Å². The van der Waals surface area contributed by atoms with Gasteiger partial charge in [-0.15, -0.1) is 0 Å². The molecule has 0 fully saturated rings. The van der Waals surface area contributed by atoms with Crippen LogP contribution in [0.3, 0.4) is 0 Å². The van der Waals surface area contributed by atoms with Gasteiger partial charge in [0.2, 0.25) is 0 Å². The fraction of sp³-hybridized carbons (Fsp3) is 0.100. The standard InChI is InChI=1S/C20H13F3O2/c21-20(22,23)14-11-9-13(10-12-14)19(24)15-5-1-3-7-17(15)25-18-8-4-2-6-16(18)19/h1-12,24H. The van der Waals surface area contributed by atoms with E-state index in [9.17, 15) is 18.3 Å². The van der Waals surface area contributed by atoms with Crippen LogP contribution in [0.15, 0.2) is 72.8 Å². The molecule has 4 rings (SSSR count). The summed E-state index contributed by atoms with van der Waals surface area (Å²) in [6, 6.07) is 18.5. The summed E-state index contributed by atoms with van der Waals surface area (Å²) in [5, 5.41) is 11.6. The number of para-hydroxylation sites is 2. The minimum atomic E-state index is -4.42. The van der Waals surface area contributed by atoms with Crippen LogP contribution in [-0.4, -0.2) is 5.11 Å². The molecule has 1 heterocycles. The van der Waals surface area contributed by atoms with Gasteiger partial charge in [-0.05, 0) is 29.8 Å². The fourth-order valence-corrected chi connectivity index (χ4v) is 3.18. The molecule has 0 atom stereocenters. The SMILES string of the molecule is OC1(c2ccc(C(F)(F)F)cc2)c2ccccc2Oc2ccccc21. The first-order chi connectivity index (χ1) is 11.9. The van der Waals surface area contributed by atoms with Gasteiger partial charge in [0, 0.05) is 11.1 Å². The molecule has 0 unspecified atom stereocenters. The van der Waals surface area contributed by atoms with Crippen molar-refractivity contribution in [3.8, 4) is 11.5 Å². The monoisotopic (exact) mass is 342 g/mol. The molecule has 1 aliphatic rings. The Hall–Kier alpha value is -2.79. The molecule has 1 aliphatic heterocycles. The van der Waals surface area contributed by atoms with E-state index in [0.717, 1.165) is 12.1 Å². The number of rotatable bonds is 1. The van der Waals surface area contributed by atoms with E-state index in [1.807, 2.05) is 0 Å². The van der Waals surface area contributed by atoms with Gasteiger partial charge in [0.05, 0.1) is 5.56 Å². The Morgan fingerprint density at radius 2 is 1.20 bits per heavy atom. The molecule has 0 saturated heterocycles. The average molecular weight is 342 g/mol. The van der Waals surface area contributed by atoms with Crippen LogP contribution >= 0.6 is 0 Å². The Morgan fingerprint density at radius 1 is 0.720 bits per heavy atom. The normalized spacial score (nSPS) is 15.0. The van der Waals surface area contributed by atoms with E-state index >= 15 is 0 Å². The van der Waals surface area contributed by atoms with E-state index < -0.39 is 17.3 Å². The molecule has 3 aromatic carbocycles. The maximum atomic E-state index is 12.9. The zero-order valence-corrected chi connectivity index (χ0v) is 12.9. The van der Waals surface area contributed by atoms with Gasteiger partial charge in [-0.1, -0.05) is 48.5 Å². The highest BCUT2D eigenvalue weighted by atomic mass is 19.4. The fourth-order valence-electron chi connectivity index (χ4n) is 3.18. The molecule has 2 nitrogen and oxygen atoms in total. The number of benzene rings is 3. The summed E-state index contributed by atoms with van der Waals surface area (Å²) < 4.78 is 44.4. The van der Waals surface area contributed by atoms with Crippen molar-refractivity contribution in [1.82, 2.24) is 0 Å². The van der Waals surface area contributed by atoms with Gasteiger partial charge in [-0.3, -0.25) is 0 Å². The molecule has 0 bridgehead atoms. The largest absolute Gasteiger partial charge is 0.457 e. The van der Waals surface area contributed by atoms with Crippen LogP contribution in [0.25, 0.3) is 0 Å². The highest BCUT2D eigenvalue weighted by Crippen LogP contribution is 2.50. The average Bonchev–Trinajstić information content (AvgIpc) is 2.61. The maximum absolute atomic E-state index is 12.9. The number of hydrogen-bond acceptors (Lipinski definition) is 2. The van der Waals surface area contributed by atoms with E-state index in [4.69, 9.17) is 4.74 Å². The number of aliphatic hydroxyl groups is 1. The lowest BCUT2D eigenvalue weighted by Gasteiger charge is -2.36. The predicted octanol–water partition coefficient (Wildman–Crippen LogP) is 5.10. The van der Waals surface area contributed by atoms with Crippen LogP contribution in [0.4, 0.5) is 13.2 Å². The zero-order chi connectivity index (χ0) is 17.7. The highest BCUT2D eigenvalue weighted by molar-refractivity contribution is 5.60. The summed E-state index contributed by atoms with van der Waals surface area (Å²) in [5.74, 6) is 0.951. The molecule has 0 spiro atoms. The lowest BCUT2D eigenvalue weighted by molar-refractivity contribution is -0.137. The quantitative estimate of drug-likeness (QED) is 0.667. The Labute approximate surface area is 142 Å². The number of fused-ring (bicyclic) bond motifs is 2. The van der Waals surface area contributed by atoms with Crippen molar-refractivity contribution in [1.29, 1.82) is 0 Å². The van der Waals surface area contributed by atoms with Crippen molar-refractivity contribution in [3.63, 3.8) is 0 Å². The van der Waals surface area contributed by atoms with Crippen molar-refractivity contribution in [2.24, 2.45) is 0 Å². The van der Waals surface area contributed by atoms with Crippen LogP contribution in [0.5, 0.6) is 11.5 Å². The van der Waals surface area contributed by atoms with Gasteiger partial charge >= 0.3 is 6.18 Å². The second-order valence-electron chi connectivity index (χ2n) is 5.88. The van der Waals surface area contributed by atoms with E-state index in [1.165, 1.54) is 12.1 Å². The summed E-state index contributed by atoms with van der Waals surface area (Å²) in [6.45, 7) is 0. The molecule has 0 amide bonds. The molecule has 126 valence electrons. The predicted molar refractivity (Wildman–Crippen MR) is 86.5 cm³/mol. The summed E-state index contributed by atoms with van der Waals surface area (Å²) >= 11 is 0. The van der Waals surface area contributed by atoms with E-state index in [-0.39, 0.29) is 0 Å². The lowest BCUT2D eigenvalue weighted by atomic mass is 9.78. The van der Waals surface area contributed by atoms with Crippen molar-refractivity contribution >= 4 is 0 Å². The minimum Gasteiger partial charge on any atom is -0.457 e. The number of halogens is 3. The van der Waals surface area contributed by atoms with E-state index in [0.29, 0.717) is 28.2 Å². The summed E-state index contributed by atoms with van der Waals surface area (Å²) in [4.78, 5) is 0. The van der Waals surface area contributed by atoms with E-state index in [2.05, 4.69) is 0 Å². The number of alkyl halides is 3. The molecule has 0 radical (unpaired) electrons. The van der Waals surface area contributed by atoms with Gasteiger partial charge in [0.25, 0.3) is 0 Å². The first kappa shape index (κ1) is 15.7. The third-order valence-corrected chi connectivity index (χ3v) is 4.40. The Kier molecular flexibility index (Phi) is 3.37. The van der Waals surface area contributed by atoms with Crippen molar-refractivity contribution in [3.05, 3.63) is 95.1 Å². The van der Waals surface area contributed by atoms with Gasteiger partial charge in [-0.2, -0.15) is 13.2 Å². The molecule has 0 saturated carbocycles. The van der Waals surface area contributed by atoms with Crippen LogP contribution in [-0.2, 0) is 11.8 Å². The molecule has 25 heavy (non-hydrogen) atoms. The van der Waals surface area contributed by atoms with Crippen molar-refractivity contribution in [2.75, 3.05) is 0 Å². The third kappa shape index (κ3) is 2.39. The van der Waals surface area contributed by atoms with Crippen LogP contribution < -0.4 is 4.74 Å². The van der Waals surface area contributed by atoms with Crippen LogP contribution in [0.1, 0.15) is 22.3 Å². The molecule has 1 N–H and O–H groups in total. The molecule has 5 heteroatoms. The smallest absolute Gasteiger partial charge is 0.416 e. The summed E-state index contributed by atoms with van der Waals surface area (Å²) in [6.07, 6.45) is -4.42. The zero-order valence-electron chi connectivity index (χ0n) is 12.9. The third-order valence-electron chi connectivity index (χ3n) is 4.40. The maximum Gasteiger partial charge on any atom is 0.416 e. The number of ether oxygens (including phenoxy) is 1. The van der Waals surface area contributed by atoms with Crippen LogP contribution in [0.2, 0.25) is 0 Å². The first-order valence-corrected chi connectivity index (χ1v) is 7.67. The minimum absolute atomic E-state index is 0.351. The van der Waals surface area contributed by atoms with Crippen molar-refractivity contribution in [2.45, 2.75) is 11.8 Å². The Balaban J connectivity index is 1.94. The summed E-state index contributed by atoms with van der Waals surface area (Å²) in [5.41, 5.74) is -1.01. The first-order valence-electron chi connectivity index (χ1n) is 7.67. The molecule has 0 aliphatic carbocycles. The van der Waals surface area contributed by atoms with Gasteiger partial charge in [-0.25, -0.2) is 0 Å². The second-order valence-corrected chi connectivity index (χ2v) is 5.88.